The van der Waals surface area contributed by atoms with Crippen molar-refractivity contribution in [1.82, 2.24) is 10.6 Å². The zero-order chi connectivity index (χ0) is 18.4. The molecule has 0 aliphatic carbocycles. The highest BCUT2D eigenvalue weighted by Gasteiger charge is 2.33. The number of carbonyl (C=O) groups excluding carboxylic acids is 1. The van der Waals surface area contributed by atoms with Gasteiger partial charge in [-0.25, -0.2) is 4.79 Å². The molecule has 0 radical (unpaired) electrons. The van der Waals surface area contributed by atoms with Crippen LogP contribution in [0.15, 0.2) is 29.5 Å². The third kappa shape index (κ3) is 4.40. The average Bonchev–Trinajstić information content (AvgIpc) is 2.60. The summed E-state index contributed by atoms with van der Waals surface area (Å²) in [5.41, 5.74) is 1.78. The van der Waals surface area contributed by atoms with Gasteiger partial charge in [0.05, 0.1) is 32.4 Å². The van der Waals surface area contributed by atoms with Crippen LogP contribution in [0.5, 0.6) is 11.5 Å². The standard InChI is InChI=1S/C17H22N2O5S/c1-10-14(16(20)24-8-7-21-2)15(19-17(25)18-10)12-9-11(22-3)5-6-13(12)23-4/h5-6,9,15H,7-8H2,1-4H3,(H2,18,19,25). The Labute approximate surface area is 152 Å². The van der Waals surface area contributed by atoms with Gasteiger partial charge in [-0.2, -0.15) is 0 Å². The van der Waals surface area contributed by atoms with Crippen LogP contribution in [0.1, 0.15) is 18.5 Å². The molecule has 0 fully saturated rings. The molecule has 1 aromatic carbocycles. The summed E-state index contributed by atoms with van der Waals surface area (Å²) >= 11 is 5.25. The minimum Gasteiger partial charge on any atom is -0.497 e. The number of esters is 1. The van der Waals surface area contributed by atoms with Gasteiger partial charge < -0.3 is 29.6 Å². The lowest BCUT2D eigenvalue weighted by molar-refractivity contribution is -0.140. The molecule has 0 bridgehead atoms. The van der Waals surface area contributed by atoms with E-state index in [2.05, 4.69) is 10.6 Å². The third-order valence-corrected chi connectivity index (χ3v) is 3.98. The Morgan fingerprint density at radius 3 is 2.60 bits per heavy atom. The third-order valence-electron chi connectivity index (χ3n) is 3.76. The van der Waals surface area contributed by atoms with Crippen LogP contribution in [0.4, 0.5) is 0 Å². The van der Waals surface area contributed by atoms with Gasteiger partial charge in [0.1, 0.15) is 18.1 Å². The number of nitrogens with one attached hydrogen (secondary N) is 2. The summed E-state index contributed by atoms with van der Waals surface area (Å²) in [6, 6.07) is 4.85. The van der Waals surface area contributed by atoms with Crippen molar-refractivity contribution in [1.29, 1.82) is 0 Å². The Morgan fingerprint density at radius 1 is 1.20 bits per heavy atom. The molecule has 0 spiro atoms. The Hall–Kier alpha value is -2.32. The highest BCUT2D eigenvalue weighted by Crippen LogP contribution is 2.35. The molecular weight excluding hydrogens is 344 g/mol. The van der Waals surface area contributed by atoms with Gasteiger partial charge in [-0.15, -0.1) is 0 Å². The van der Waals surface area contributed by atoms with Gasteiger partial charge in [-0.05, 0) is 37.3 Å². The number of ether oxygens (including phenoxy) is 4. The number of rotatable bonds is 7. The molecule has 1 atom stereocenters. The largest absolute Gasteiger partial charge is 0.497 e. The van der Waals surface area contributed by atoms with Crippen molar-refractivity contribution in [2.45, 2.75) is 13.0 Å². The van der Waals surface area contributed by atoms with E-state index in [4.69, 9.17) is 31.2 Å². The quantitative estimate of drug-likeness (QED) is 0.429. The summed E-state index contributed by atoms with van der Waals surface area (Å²) in [6.07, 6.45) is 0. The lowest BCUT2D eigenvalue weighted by atomic mass is 9.94. The first kappa shape index (κ1) is 19.0. The fourth-order valence-electron chi connectivity index (χ4n) is 2.56. The molecule has 1 aromatic rings. The minimum atomic E-state index is -0.520. The first-order chi connectivity index (χ1) is 12.0. The SMILES string of the molecule is COCCOC(=O)C1=C(C)NC(=S)NC1c1cc(OC)ccc1OC. The molecule has 0 amide bonds. The van der Waals surface area contributed by atoms with Crippen molar-refractivity contribution >= 4 is 23.3 Å². The second kappa shape index (κ2) is 8.68. The molecule has 7 nitrogen and oxygen atoms in total. The molecule has 2 rings (SSSR count). The first-order valence-corrected chi connectivity index (χ1v) is 8.09. The zero-order valence-corrected chi connectivity index (χ0v) is 15.5. The van der Waals surface area contributed by atoms with Gasteiger partial charge >= 0.3 is 5.97 Å². The second-order valence-corrected chi connectivity index (χ2v) is 5.71. The number of thiocarbonyl (C=S) groups is 1. The van der Waals surface area contributed by atoms with Crippen LogP contribution in [-0.2, 0) is 14.3 Å². The fraction of sp³-hybridized carbons (Fsp3) is 0.412. The molecule has 1 unspecified atom stereocenters. The van der Waals surface area contributed by atoms with Crippen molar-refractivity contribution in [2.24, 2.45) is 0 Å². The van der Waals surface area contributed by atoms with Gasteiger partial charge in [0.25, 0.3) is 0 Å². The van der Waals surface area contributed by atoms with Crippen LogP contribution in [0.25, 0.3) is 0 Å². The van der Waals surface area contributed by atoms with E-state index in [9.17, 15) is 4.79 Å². The predicted molar refractivity (Wildman–Crippen MR) is 96.7 cm³/mol. The van der Waals surface area contributed by atoms with Crippen molar-refractivity contribution in [3.63, 3.8) is 0 Å². The summed E-state index contributed by atoms with van der Waals surface area (Å²) in [5.74, 6) is 0.803. The van der Waals surface area contributed by atoms with Gasteiger partial charge in [-0.3, -0.25) is 0 Å². The van der Waals surface area contributed by atoms with E-state index in [1.54, 1.807) is 46.5 Å². The highest BCUT2D eigenvalue weighted by atomic mass is 32.1. The minimum absolute atomic E-state index is 0.165. The molecular formula is C17H22N2O5S. The molecule has 0 aromatic heterocycles. The van der Waals surface area contributed by atoms with E-state index in [0.717, 1.165) is 5.56 Å². The summed E-state index contributed by atoms with van der Waals surface area (Å²) in [5, 5.41) is 6.49. The topological polar surface area (TPSA) is 78.1 Å². The van der Waals surface area contributed by atoms with Crippen molar-refractivity contribution < 1.29 is 23.7 Å². The molecule has 136 valence electrons. The van der Waals surface area contributed by atoms with E-state index in [1.807, 2.05) is 0 Å². The molecule has 1 aliphatic heterocycles. The maximum Gasteiger partial charge on any atom is 0.338 e. The normalized spacial score (nSPS) is 16.8. The number of benzene rings is 1. The maximum atomic E-state index is 12.6. The number of hydrogen-bond donors (Lipinski definition) is 2. The number of hydrogen-bond acceptors (Lipinski definition) is 6. The number of methoxy groups -OCH3 is 3. The van der Waals surface area contributed by atoms with Crippen LogP contribution < -0.4 is 20.1 Å². The highest BCUT2D eigenvalue weighted by molar-refractivity contribution is 7.80. The number of allylic oxidation sites excluding steroid dienone is 1. The van der Waals surface area contributed by atoms with Crippen molar-refractivity contribution in [2.75, 3.05) is 34.5 Å². The van der Waals surface area contributed by atoms with Gasteiger partial charge in [0.15, 0.2) is 5.11 Å². The van der Waals surface area contributed by atoms with Crippen molar-refractivity contribution in [3.8, 4) is 11.5 Å². The summed E-state index contributed by atoms with van der Waals surface area (Å²) in [4.78, 5) is 12.6. The summed E-state index contributed by atoms with van der Waals surface area (Å²) in [6.45, 7) is 2.27. The smallest absolute Gasteiger partial charge is 0.338 e. The van der Waals surface area contributed by atoms with Crippen LogP contribution in [0, 0.1) is 0 Å². The fourth-order valence-corrected chi connectivity index (χ4v) is 2.83. The molecule has 1 aliphatic rings. The zero-order valence-electron chi connectivity index (χ0n) is 14.7. The molecule has 1 heterocycles. The Balaban J connectivity index is 2.44. The van der Waals surface area contributed by atoms with E-state index < -0.39 is 12.0 Å². The average molecular weight is 366 g/mol. The molecule has 2 N–H and O–H groups in total. The van der Waals surface area contributed by atoms with Crippen LogP contribution >= 0.6 is 12.2 Å². The van der Waals surface area contributed by atoms with E-state index >= 15 is 0 Å². The second-order valence-electron chi connectivity index (χ2n) is 5.31. The monoisotopic (exact) mass is 366 g/mol. The predicted octanol–water partition coefficient (Wildman–Crippen LogP) is 1.69. The van der Waals surface area contributed by atoms with Crippen LogP contribution in [-0.4, -0.2) is 45.6 Å². The Kier molecular flexibility index (Phi) is 6.60. The Morgan fingerprint density at radius 2 is 1.96 bits per heavy atom. The van der Waals surface area contributed by atoms with Crippen LogP contribution in [0.2, 0.25) is 0 Å². The maximum absolute atomic E-state index is 12.6. The molecule has 0 saturated carbocycles. The molecule has 0 saturated heterocycles. The Bertz CT molecular complexity index is 690. The lowest BCUT2D eigenvalue weighted by Gasteiger charge is -2.30. The van der Waals surface area contributed by atoms with E-state index in [-0.39, 0.29) is 6.61 Å². The van der Waals surface area contributed by atoms with Gasteiger partial charge in [-0.1, -0.05) is 0 Å². The number of carbonyl (C=O) groups is 1. The van der Waals surface area contributed by atoms with Crippen molar-refractivity contribution in [3.05, 3.63) is 35.0 Å². The molecule has 25 heavy (non-hydrogen) atoms. The lowest BCUT2D eigenvalue weighted by Crippen LogP contribution is -2.45. The van der Waals surface area contributed by atoms with E-state index in [0.29, 0.717) is 34.5 Å². The van der Waals surface area contributed by atoms with Crippen LogP contribution in [0.3, 0.4) is 0 Å². The van der Waals surface area contributed by atoms with Gasteiger partial charge in [0.2, 0.25) is 0 Å². The first-order valence-electron chi connectivity index (χ1n) is 7.68. The summed E-state index contributed by atoms with van der Waals surface area (Å²) in [7, 11) is 4.69. The molecule has 8 heteroatoms. The van der Waals surface area contributed by atoms with Gasteiger partial charge in [0, 0.05) is 18.4 Å². The summed E-state index contributed by atoms with van der Waals surface area (Å²) < 4.78 is 20.9. The van der Waals surface area contributed by atoms with E-state index in [1.165, 1.54) is 0 Å².